The second kappa shape index (κ2) is 7.12. The van der Waals surface area contributed by atoms with Crippen molar-refractivity contribution >= 4 is 10.8 Å². The summed E-state index contributed by atoms with van der Waals surface area (Å²) < 4.78 is 22.2. The Labute approximate surface area is 170 Å². The lowest BCUT2D eigenvalue weighted by Gasteiger charge is -2.23. The van der Waals surface area contributed by atoms with Gasteiger partial charge in [-0.15, -0.1) is 0 Å². The summed E-state index contributed by atoms with van der Waals surface area (Å²) in [5.74, 6) is 2.93. The molecule has 1 atom stereocenters. The number of hydrogen-bond acceptors (Lipinski definition) is 6. The highest BCUT2D eigenvalue weighted by atomic mass is 16.7. The van der Waals surface area contributed by atoms with Crippen molar-refractivity contribution in [3.63, 3.8) is 0 Å². The van der Waals surface area contributed by atoms with Crippen LogP contribution in [0.4, 0.5) is 0 Å². The van der Waals surface area contributed by atoms with E-state index in [2.05, 4.69) is 18.0 Å². The fraction of sp³-hybridized carbons (Fsp3) is 0.348. The van der Waals surface area contributed by atoms with Gasteiger partial charge in [-0.05, 0) is 67.7 Å². The summed E-state index contributed by atoms with van der Waals surface area (Å²) in [6.45, 7) is 1.36. The van der Waals surface area contributed by atoms with Gasteiger partial charge in [0.25, 0.3) is 0 Å². The number of methoxy groups -OCH3 is 2. The normalized spacial score (nSPS) is 18.4. The molecule has 2 aliphatic heterocycles. The smallest absolute Gasteiger partial charge is 0.231 e. The molecule has 2 aliphatic rings. The Hall–Kier alpha value is -2.99. The average molecular weight is 392 g/mol. The molecule has 2 aromatic carbocycles. The summed E-state index contributed by atoms with van der Waals surface area (Å²) in [4.78, 5) is 7.29. The number of ether oxygens (including phenoxy) is 4. The number of likely N-dealkylation sites (tertiary alicyclic amines) is 1. The van der Waals surface area contributed by atoms with E-state index in [9.17, 15) is 0 Å². The first-order valence-electron chi connectivity index (χ1n) is 9.84. The zero-order valence-electron chi connectivity index (χ0n) is 16.9. The summed E-state index contributed by atoms with van der Waals surface area (Å²) in [6.07, 6.45) is 4.34. The number of nitrogens with zero attached hydrogens (tertiary/aromatic N) is 2. The molecular weight excluding hydrogens is 368 g/mol. The monoisotopic (exact) mass is 392 g/mol. The molecule has 1 saturated heterocycles. The molecule has 3 heterocycles. The van der Waals surface area contributed by atoms with Gasteiger partial charge in [-0.25, -0.2) is 0 Å². The molecule has 1 fully saturated rings. The van der Waals surface area contributed by atoms with Crippen LogP contribution in [0.25, 0.3) is 22.0 Å². The van der Waals surface area contributed by atoms with E-state index >= 15 is 0 Å². The first kappa shape index (κ1) is 18.1. The molecule has 5 rings (SSSR count). The molecule has 0 unspecified atom stereocenters. The van der Waals surface area contributed by atoms with E-state index in [4.69, 9.17) is 23.9 Å². The molecule has 29 heavy (non-hydrogen) atoms. The Morgan fingerprint density at radius 2 is 1.76 bits per heavy atom. The summed E-state index contributed by atoms with van der Waals surface area (Å²) in [6, 6.07) is 10.4. The molecule has 0 aliphatic carbocycles. The second-order valence-corrected chi connectivity index (χ2v) is 7.52. The number of benzene rings is 2. The Morgan fingerprint density at radius 3 is 2.48 bits per heavy atom. The van der Waals surface area contributed by atoms with Crippen molar-refractivity contribution in [1.82, 2.24) is 9.88 Å². The molecule has 1 aromatic heterocycles. The van der Waals surface area contributed by atoms with E-state index in [-0.39, 0.29) is 6.79 Å². The first-order valence-corrected chi connectivity index (χ1v) is 9.84. The molecule has 0 saturated carbocycles. The van der Waals surface area contributed by atoms with Gasteiger partial charge in [0.15, 0.2) is 23.0 Å². The van der Waals surface area contributed by atoms with Crippen molar-refractivity contribution in [2.75, 3.05) is 34.6 Å². The van der Waals surface area contributed by atoms with E-state index in [0.29, 0.717) is 11.8 Å². The maximum atomic E-state index is 5.60. The SMILES string of the molecule is COc1cc2c([C@@H]3CCCN3C)cnc(-c3ccc4c(c3)OCO4)c2cc1OC. The van der Waals surface area contributed by atoms with Gasteiger partial charge in [0, 0.05) is 23.2 Å². The lowest BCUT2D eigenvalue weighted by molar-refractivity contribution is 0.174. The molecule has 0 radical (unpaired) electrons. The summed E-state index contributed by atoms with van der Waals surface area (Å²) in [5.41, 5.74) is 3.10. The number of hydrogen-bond donors (Lipinski definition) is 0. The number of pyridine rings is 1. The van der Waals surface area contributed by atoms with E-state index in [1.165, 1.54) is 12.0 Å². The third-order valence-corrected chi connectivity index (χ3v) is 5.95. The molecule has 6 nitrogen and oxygen atoms in total. The highest BCUT2D eigenvalue weighted by Crippen LogP contribution is 2.43. The van der Waals surface area contributed by atoms with Crippen LogP contribution in [0.2, 0.25) is 0 Å². The zero-order valence-corrected chi connectivity index (χ0v) is 16.9. The summed E-state index contributed by atoms with van der Waals surface area (Å²) in [5, 5.41) is 2.18. The van der Waals surface area contributed by atoms with Crippen LogP contribution in [-0.2, 0) is 0 Å². The molecular formula is C23H24N2O4. The topological polar surface area (TPSA) is 53.1 Å². The highest BCUT2D eigenvalue weighted by Gasteiger charge is 2.26. The molecule has 0 amide bonds. The van der Waals surface area contributed by atoms with E-state index in [1.807, 2.05) is 30.5 Å². The zero-order chi connectivity index (χ0) is 20.0. The van der Waals surface area contributed by atoms with E-state index in [1.54, 1.807) is 14.2 Å². The standard InChI is InChI=1S/C23H24N2O4/c1-25-8-4-5-18(25)17-12-24-23(14-6-7-19-22(9-14)29-13-28-19)16-11-21(27-3)20(26-2)10-15(16)17/h6-7,9-12,18H,4-5,8,13H2,1-3H3/t18-/m0/s1. The van der Waals surface area contributed by atoms with Gasteiger partial charge >= 0.3 is 0 Å². The fourth-order valence-corrected chi connectivity index (χ4v) is 4.43. The number of fused-ring (bicyclic) bond motifs is 2. The van der Waals surface area contributed by atoms with Crippen molar-refractivity contribution in [3.05, 3.63) is 42.1 Å². The second-order valence-electron chi connectivity index (χ2n) is 7.52. The van der Waals surface area contributed by atoms with Crippen LogP contribution in [-0.4, -0.2) is 44.5 Å². The average Bonchev–Trinajstić information content (AvgIpc) is 3.40. The van der Waals surface area contributed by atoms with Crippen molar-refractivity contribution in [2.24, 2.45) is 0 Å². The first-order chi connectivity index (χ1) is 14.2. The summed E-state index contributed by atoms with van der Waals surface area (Å²) >= 11 is 0. The Kier molecular flexibility index (Phi) is 4.43. The van der Waals surface area contributed by atoms with Crippen LogP contribution in [0.3, 0.4) is 0 Å². The minimum absolute atomic E-state index is 0.255. The maximum absolute atomic E-state index is 5.60. The Balaban J connectivity index is 1.74. The van der Waals surface area contributed by atoms with Gasteiger partial charge in [-0.1, -0.05) is 0 Å². The highest BCUT2D eigenvalue weighted by molar-refractivity contribution is 5.99. The Bertz CT molecular complexity index is 1080. The molecule has 6 heteroatoms. The van der Waals surface area contributed by atoms with Crippen LogP contribution in [0.1, 0.15) is 24.4 Å². The van der Waals surface area contributed by atoms with Crippen molar-refractivity contribution < 1.29 is 18.9 Å². The third-order valence-electron chi connectivity index (χ3n) is 5.95. The largest absolute Gasteiger partial charge is 0.493 e. The molecule has 0 bridgehead atoms. The van der Waals surface area contributed by atoms with Crippen LogP contribution < -0.4 is 18.9 Å². The van der Waals surface area contributed by atoms with Crippen LogP contribution in [0.15, 0.2) is 36.5 Å². The molecule has 3 aromatic rings. The quantitative estimate of drug-likeness (QED) is 0.655. The third kappa shape index (κ3) is 2.95. The minimum atomic E-state index is 0.255. The van der Waals surface area contributed by atoms with Crippen molar-refractivity contribution in [3.8, 4) is 34.3 Å². The lowest BCUT2D eigenvalue weighted by Crippen LogP contribution is -2.18. The van der Waals surface area contributed by atoms with Gasteiger partial charge < -0.3 is 18.9 Å². The van der Waals surface area contributed by atoms with Crippen LogP contribution in [0, 0.1) is 0 Å². The van der Waals surface area contributed by atoms with E-state index < -0.39 is 0 Å². The van der Waals surface area contributed by atoms with Gasteiger partial charge in [0.1, 0.15) is 0 Å². The predicted molar refractivity (Wildman–Crippen MR) is 111 cm³/mol. The van der Waals surface area contributed by atoms with E-state index in [0.717, 1.165) is 52.2 Å². The Morgan fingerprint density at radius 1 is 1.00 bits per heavy atom. The van der Waals surface area contributed by atoms with Crippen LogP contribution >= 0.6 is 0 Å². The van der Waals surface area contributed by atoms with Gasteiger partial charge in [0.05, 0.1) is 19.9 Å². The number of rotatable bonds is 4. The van der Waals surface area contributed by atoms with Crippen molar-refractivity contribution in [2.45, 2.75) is 18.9 Å². The van der Waals surface area contributed by atoms with Gasteiger partial charge in [0.2, 0.25) is 6.79 Å². The summed E-state index contributed by atoms with van der Waals surface area (Å²) in [7, 11) is 5.51. The predicted octanol–water partition coefficient (Wildman–Crippen LogP) is 4.41. The molecule has 0 spiro atoms. The minimum Gasteiger partial charge on any atom is -0.493 e. The molecule has 0 N–H and O–H groups in total. The van der Waals surface area contributed by atoms with Crippen LogP contribution in [0.5, 0.6) is 23.0 Å². The van der Waals surface area contributed by atoms with Crippen molar-refractivity contribution in [1.29, 1.82) is 0 Å². The maximum Gasteiger partial charge on any atom is 0.231 e. The molecule has 150 valence electrons. The van der Waals surface area contributed by atoms with Gasteiger partial charge in [-0.3, -0.25) is 9.88 Å². The van der Waals surface area contributed by atoms with Gasteiger partial charge in [-0.2, -0.15) is 0 Å². The lowest BCUT2D eigenvalue weighted by atomic mass is 9.95. The number of aromatic nitrogens is 1. The fourth-order valence-electron chi connectivity index (χ4n) is 4.43.